The lowest BCUT2D eigenvalue weighted by molar-refractivity contribution is 0.653. The zero-order valence-corrected chi connectivity index (χ0v) is 16.1. The number of aromatic nitrogens is 2. The topological polar surface area (TPSA) is 38.9 Å². The Morgan fingerprint density at radius 2 is 1.76 bits per heavy atom. The molecule has 142 valence electrons. The van der Waals surface area contributed by atoms with E-state index in [4.69, 9.17) is 8.53 Å². The minimum absolute atomic E-state index is 0.0295. The summed E-state index contributed by atoms with van der Waals surface area (Å²) in [5, 5.41) is 1.69. The zero-order chi connectivity index (χ0) is 22.3. The Kier molecular flexibility index (Phi) is 3.59. The molecule has 0 atom stereocenters. The van der Waals surface area contributed by atoms with E-state index in [0.717, 1.165) is 34.9 Å². The number of para-hydroxylation sites is 1. The van der Waals surface area contributed by atoms with Crippen LogP contribution in [0.25, 0.3) is 33.3 Å². The third kappa shape index (κ3) is 3.40. The van der Waals surface area contributed by atoms with Gasteiger partial charge in [-0.25, -0.2) is 4.98 Å². The van der Waals surface area contributed by atoms with Crippen molar-refractivity contribution in [3.8, 4) is 11.3 Å². The van der Waals surface area contributed by atoms with Crippen LogP contribution in [0.15, 0.2) is 77.3 Å². The van der Waals surface area contributed by atoms with Gasteiger partial charge >= 0.3 is 0 Å². The molecular formula is C26H22N2O. The molecule has 0 N–H and O–H groups in total. The summed E-state index contributed by atoms with van der Waals surface area (Å²) in [6.07, 6.45) is 3.70. The van der Waals surface area contributed by atoms with E-state index in [1.165, 1.54) is 16.7 Å². The molecule has 3 heterocycles. The minimum Gasteiger partial charge on any atom is -0.437 e. The van der Waals surface area contributed by atoms with Crippen molar-refractivity contribution in [2.75, 3.05) is 0 Å². The highest BCUT2D eigenvalue weighted by molar-refractivity contribution is 6.08. The van der Waals surface area contributed by atoms with Gasteiger partial charge in [-0.05, 0) is 68.1 Å². The zero-order valence-electron chi connectivity index (χ0n) is 19.1. The van der Waals surface area contributed by atoms with Crippen molar-refractivity contribution in [1.29, 1.82) is 0 Å². The van der Waals surface area contributed by atoms with Crippen LogP contribution in [0.2, 0.25) is 0 Å². The summed E-state index contributed by atoms with van der Waals surface area (Å²) in [6.45, 7) is -0.180. The lowest BCUT2D eigenvalue weighted by Gasteiger charge is -2.06. The Hall–Kier alpha value is -3.46. The number of nitrogens with zero attached hydrogens (tertiary/aromatic N) is 2. The number of hydrogen-bond acceptors (Lipinski definition) is 3. The number of pyridine rings is 2. The molecule has 2 aromatic carbocycles. The van der Waals surface area contributed by atoms with Gasteiger partial charge in [-0.15, -0.1) is 0 Å². The van der Waals surface area contributed by atoms with E-state index in [0.29, 0.717) is 11.3 Å². The van der Waals surface area contributed by atoms with Crippen LogP contribution in [0.3, 0.4) is 0 Å². The molecule has 0 unspecified atom stereocenters. The Balaban J connectivity index is 1.51. The van der Waals surface area contributed by atoms with E-state index in [1.54, 1.807) is 12.1 Å². The van der Waals surface area contributed by atoms with Crippen LogP contribution in [-0.4, -0.2) is 9.97 Å². The Bertz CT molecular complexity index is 1420. The van der Waals surface area contributed by atoms with Crippen molar-refractivity contribution in [3.63, 3.8) is 0 Å². The quantitative estimate of drug-likeness (QED) is 0.359. The average Bonchev–Trinajstić information content (AvgIpc) is 3.16. The van der Waals surface area contributed by atoms with Gasteiger partial charge in [0.1, 0.15) is 5.58 Å². The molecule has 3 nitrogen and oxygen atoms in total. The Morgan fingerprint density at radius 3 is 2.62 bits per heavy atom. The van der Waals surface area contributed by atoms with Crippen molar-refractivity contribution in [2.24, 2.45) is 0 Å². The Labute approximate surface area is 174 Å². The van der Waals surface area contributed by atoms with Gasteiger partial charge in [0.2, 0.25) is 5.71 Å². The summed E-state index contributed by atoms with van der Waals surface area (Å²) in [7, 11) is 0. The molecule has 0 bridgehead atoms. The van der Waals surface area contributed by atoms with Crippen LogP contribution < -0.4 is 0 Å². The average molecular weight is 381 g/mol. The van der Waals surface area contributed by atoms with Crippen LogP contribution in [0.4, 0.5) is 0 Å². The molecule has 5 rings (SSSR count). The van der Waals surface area contributed by atoms with Gasteiger partial charge in [0.15, 0.2) is 0 Å². The number of aryl methyl sites for hydroxylation is 4. The standard InChI is InChI=1S/C26H22N2O/c1-17-6-9-19(10-7-17)11-12-20-14-15-27-24(16-20)23-5-3-4-21-22-13-8-18(2)28-26(22)29-25(21)23/h3-10,13-16H,11-12H2,1-2H3/i2D3. The SMILES string of the molecule is [2H]C([2H])([2H])c1ccc2c(n1)oc1c(-c3cc(CCc4ccc(C)cc4)ccn3)cccc12. The van der Waals surface area contributed by atoms with E-state index in [1.807, 2.05) is 30.5 Å². The lowest BCUT2D eigenvalue weighted by Crippen LogP contribution is -1.93. The number of benzene rings is 2. The number of hydrogen-bond donors (Lipinski definition) is 0. The highest BCUT2D eigenvalue weighted by Gasteiger charge is 2.14. The molecule has 5 aromatic rings. The predicted molar refractivity (Wildman–Crippen MR) is 118 cm³/mol. The van der Waals surface area contributed by atoms with Gasteiger partial charge < -0.3 is 4.42 Å². The third-order valence-corrected chi connectivity index (χ3v) is 5.29. The first-order valence-electron chi connectivity index (χ1n) is 11.2. The summed E-state index contributed by atoms with van der Waals surface area (Å²) < 4.78 is 28.9. The van der Waals surface area contributed by atoms with Gasteiger partial charge in [-0.3, -0.25) is 4.98 Å². The van der Waals surface area contributed by atoms with Crippen LogP contribution in [-0.2, 0) is 12.8 Å². The molecule has 0 aliphatic carbocycles. The maximum Gasteiger partial charge on any atom is 0.227 e. The highest BCUT2D eigenvalue weighted by Crippen LogP contribution is 2.34. The van der Waals surface area contributed by atoms with Crippen molar-refractivity contribution >= 4 is 22.1 Å². The van der Waals surface area contributed by atoms with Gasteiger partial charge in [-0.2, -0.15) is 0 Å². The first-order valence-corrected chi connectivity index (χ1v) is 9.72. The maximum absolute atomic E-state index is 7.61. The monoisotopic (exact) mass is 381 g/mol. The van der Waals surface area contributed by atoms with Crippen molar-refractivity contribution in [2.45, 2.75) is 26.6 Å². The fourth-order valence-electron chi connectivity index (χ4n) is 3.70. The number of fused-ring (bicyclic) bond motifs is 3. The van der Waals surface area contributed by atoms with Crippen LogP contribution in [0.5, 0.6) is 0 Å². The third-order valence-electron chi connectivity index (χ3n) is 5.29. The van der Waals surface area contributed by atoms with E-state index in [9.17, 15) is 0 Å². The predicted octanol–water partition coefficient (Wildman–Crippen LogP) is 6.45. The van der Waals surface area contributed by atoms with Gasteiger partial charge in [0, 0.05) is 32.3 Å². The molecule has 0 amide bonds. The minimum atomic E-state index is -2.27. The first-order chi connectivity index (χ1) is 15.4. The fraction of sp³-hybridized carbons (Fsp3) is 0.154. The number of furan rings is 1. The first kappa shape index (κ1) is 14.5. The van der Waals surface area contributed by atoms with Crippen LogP contribution >= 0.6 is 0 Å². The van der Waals surface area contributed by atoms with E-state index < -0.39 is 6.85 Å². The van der Waals surface area contributed by atoms with Crippen LogP contribution in [0, 0.1) is 13.8 Å². The molecule has 0 fully saturated rings. The number of rotatable bonds is 4. The van der Waals surface area contributed by atoms with Crippen LogP contribution in [0.1, 0.15) is 26.5 Å². The largest absolute Gasteiger partial charge is 0.437 e. The summed E-state index contributed by atoms with van der Waals surface area (Å²) >= 11 is 0. The molecule has 0 radical (unpaired) electrons. The van der Waals surface area contributed by atoms with Gasteiger partial charge in [0.25, 0.3) is 0 Å². The van der Waals surface area contributed by atoms with Crippen molar-refractivity contribution in [3.05, 3.63) is 95.3 Å². The second kappa shape index (κ2) is 7.17. The van der Waals surface area contributed by atoms with E-state index in [2.05, 4.69) is 47.2 Å². The van der Waals surface area contributed by atoms with Gasteiger partial charge in [0.05, 0.1) is 5.69 Å². The summed E-state index contributed by atoms with van der Waals surface area (Å²) in [4.78, 5) is 8.84. The molecule has 0 spiro atoms. The van der Waals surface area contributed by atoms with E-state index >= 15 is 0 Å². The molecule has 3 heteroatoms. The van der Waals surface area contributed by atoms with Gasteiger partial charge in [-0.1, -0.05) is 42.0 Å². The lowest BCUT2D eigenvalue weighted by atomic mass is 10.0. The summed E-state index contributed by atoms with van der Waals surface area (Å²) in [5.74, 6) is 0. The maximum atomic E-state index is 7.61. The fourth-order valence-corrected chi connectivity index (χ4v) is 3.70. The molecule has 0 aliphatic rings. The van der Waals surface area contributed by atoms with E-state index in [-0.39, 0.29) is 5.69 Å². The molecule has 0 aliphatic heterocycles. The smallest absolute Gasteiger partial charge is 0.227 e. The molecule has 0 saturated heterocycles. The molecule has 29 heavy (non-hydrogen) atoms. The normalized spacial score (nSPS) is 13.3. The molecular weight excluding hydrogens is 356 g/mol. The summed E-state index contributed by atoms with van der Waals surface area (Å²) in [6, 6.07) is 22.0. The van der Waals surface area contributed by atoms with Crippen molar-refractivity contribution in [1.82, 2.24) is 9.97 Å². The second-order valence-electron chi connectivity index (χ2n) is 7.37. The second-order valence-corrected chi connectivity index (χ2v) is 7.37. The molecule has 0 saturated carbocycles. The summed E-state index contributed by atoms with van der Waals surface area (Å²) in [5.41, 5.74) is 6.50. The molecule has 3 aromatic heterocycles. The Morgan fingerprint density at radius 1 is 0.897 bits per heavy atom. The van der Waals surface area contributed by atoms with Crippen molar-refractivity contribution < 1.29 is 8.53 Å². The highest BCUT2D eigenvalue weighted by atomic mass is 16.3.